The summed E-state index contributed by atoms with van der Waals surface area (Å²) in [6, 6.07) is 15.3. The summed E-state index contributed by atoms with van der Waals surface area (Å²) >= 11 is 0. The minimum absolute atomic E-state index is 0.211. The first kappa shape index (κ1) is 19.4. The Morgan fingerprint density at radius 2 is 1.89 bits per heavy atom. The number of pyridine rings is 2. The maximum absolute atomic E-state index is 12.4. The highest BCUT2D eigenvalue weighted by atomic mass is 16.5. The van der Waals surface area contributed by atoms with Crippen LogP contribution in [0, 0.1) is 0 Å². The molecule has 28 heavy (non-hydrogen) atoms. The fourth-order valence-electron chi connectivity index (χ4n) is 2.84. The zero-order valence-corrected chi connectivity index (χ0v) is 16.1. The van der Waals surface area contributed by atoms with Crippen LogP contribution in [0.25, 0.3) is 0 Å². The number of nitrogens with zero attached hydrogens (tertiary/aromatic N) is 3. The summed E-state index contributed by atoms with van der Waals surface area (Å²) < 4.78 is 5.30. The lowest BCUT2D eigenvalue weighted by Gasteiger charge is -2.19. The van der Waals surface area contributed by atoms with Gasteiger partial charge in [-0.15, -0.1) is 0 Å². The van der Waals surface area contributed by atoms with Gasteiger partial charge in [-0.25, -0.2) is 4.98 Å². The highest BCUT2D eigenvalue weighted by Crippen LogP contribution is 2.17. The fourth-order valence-corrected chi connectivity index (χ4v) is 2.84. The molecule has 6 nitrogen and oxygen atoms in total. The largest absolute Gasteiger partial charge is 0.496 e. The van der Waals surface area contributed by atoms with Gasteiger partial charge in [0.25, 0.3) is 5.91 Å². The molecule has 0 aliphatic rings. The fraction of sp³-hybridized carbons (Fsp3) is 0.227. The van der Waals surface area contributed by atoms with Gasteiger partial charge in [-0.1, -0.05) is 18.2 Å². The quantitative estimate of drug-likeness (QED) is 0.654. The van der Waals surface area contributed by atoms with Crippen molar-refractivity contribution in [2.75, 3.05) is 25.6 Å². The molecule has 0 saturated heterocycles. The number of rotatable bonds is 8. The number of benzene rings is 1. The van der Waals surface area contributed by atoms with Gasteiger partial charge < -0.3 is 15.0 Å². The molecule has 0 radical (unpaired) electrons. The molecule has 6 heteroatoms. The van der Waals surface area contributed by atoms with Gasteiger partial charge in [0.15, 0.2) is 0 Å². The minimum atomic E-state index is -0.211. The van der Waals surface area contributed by atoms with E-state index in [4.69, 9.17) is 4.74 Å². The lowest BCUT2D eigenvalue weighted by atomic mass is 10.2. The van der Waals surface area contributed by atoms with E-state index in [-0.39, 0.29) is 5.91 Å². The Bertz CT molecular complexity index is 898. The third-order valence-corrected chi connectivity index (χ3v) is 4.54. The molecule has 0 fully saturated rings. The maximum atomic E-state index is 12.4. The van der Waals surface area contributed by atoms with E-state index in [1.807, 2.05) is 49.5 Å². The highest BCUT2D eigenvalue weighted by molar-refractivity contribution is 5.92. The van der Waals surface area contributed by atoms with Crippen molar-refractivity contribution in [3.05, 3.63) is 83.9 Å². The first-order chi connectivity index (χ1) is 13.7. The average Bonchev–Trinajstić information content (AvgIpc) is 2.76. The molecule has 1 N–H and O–H groups in total. The van der Waals surface area contributed by atoms with Crippen LogP contribution in [0.3, 0.4) is 0 Å². The molecule has 0 aliphatic carbocycles. The van der Waals surface area contributed by atoms with Crippen LogP contribution in [-0.2, 0) is 13.0 Å². The number of ether oxygens (including phenoxy) is 1. The van der Waals surface area contributed by atoms with E-state index in [2.05, 4.69) is 20.2 Å². The zero-order chi connectivity index (χ0) is 19.8. The first-order valence-electron chi connectivity index (χ1n) is 9.13. The van der Waals surface area contributed by atoms with Crippen LogP contribution in [-0.4, -0.2) is 36.6 Å². The summed E-state index contributed by atoms with van der Waals surface area (Å²) in [5.41, 5.74) is 3.52. The average molecular weight is 376 g/mol. The van der Waals surface area contributed by atoms with Crippen molar-refractivity contribution in [3.8, 4) is 5.75 Å². The second kappa shape index (κ2) is 9.50. The molecule has 0 aliphatic heterocycles. The van der Waals surface area contributed by atoms with E-state index in [0.717, 1.165) is 30.0 Å². The molecule has 2 aromatic heterocycles. The second-order valence-corrected chi connectivity index (χ2v) is 6.42. The van der Waals surface area contributed by atoms with Crippen molar-refractivity contribution in [2.45, 2.75) is 13.0 Å². The minimum Gasteiger partial charge on any atom is -0.496 e. The molecule has 0 saturated carbocycles. The lowest BCUT2D eigenvalue weighted by molar-refractivity contribution is 0.0945. The number of likely N-dealkylation sites (N-methyl/N-ethyl adjacent to an activating group) is 1. The van der Waals surface area contributed by atoms with Crippen molar-refractivity contribution in [2.24, 2.45) is 0 Å². The Morgan fingerprint density at radius 1 is 1.11 bits per heavy atom. The predicted octanol–water partition coefficient (Wildman–Crippen LogP) is 3.09. The Hall–Kier alpha value is -3.41. The SMILES string of the molecule is COc1ccccc1CNC(=O)c1ccc(N(C)CCc2ccncc2)cn1. The van der Waals surface area contributed by atoms with Crippen molar-refractivity contribution < 1.29 is 9.53 Å². The summed E-state index contributed by atoms with van der Waals surface area (Å²) in [5, 5.41) is 2.88. The molecular weight excluding hydrogens is 352 g/mol. The Morgan fingerprint density at radius 3 is 2.61 bits per heavy atom. The van der Waals surface area contributed by atoms with Crippen molar-refractivity contribution in [3.63, 3.8) is 0 Å². The number of methoxy groups -OCH3 is 1. The topological polar surface area (TPSA) is 67.3 Å². The number of hydrogen-bond acceptors (Lipinski definition) is 5. The van der Waals surface area contributed by atoms with Crippen LogP contribution >= 0.6 is 0 Å². The second-order valence-electron chi connectivity index (χ2n) is 6.42. The van der Waals surface area contributed by atoms with Gasteiger partial charge in [0.05, 0.1) is 19.0 Å². The molecule has 0 spiro atoms. The van der Waals surface area contributed by atoms with Crippen molar-refractivity contribution in [1.82, 2.24) is 15.3 Å². The number of amides is 1. The summed E-state index contributed by atoms with van der Waals surface area (Å²) in [6.07, 6.45) is 6.25. The van der Waals surface area contributed by atoms with E-state index in [1.54, 1.807) is 31.8 Å². The highest BCUT2D eigenvalue weighted by Gasteiger charge is 2.10. The van der Waals surface area contributed by atoms with E-state index >= 15 is 0 Å². The Labute approximate surface area is 165 Å². The van der Waals surface area contributed by atoms with E-state index < -0.39 is 0 Å². The number of aromatic nitrogens is 2. The van der Waals surface area contributed by atoms with Gasteiger partial charge in [0.1, 0.15) is 11.4 Å². The number of carbonyl (C=O) groups is 1. The van der Waals surface area contributed by atoms with Crippen LogP contribution in [0.5, 0.6) is 5.75 Å². The number of anilines is 1. The summed E-state index contributed by atoms with van der Waals surface area (Å²) in [6.45, 7) is 1.24. The van der Waals surface area contributed by atoms with Crippen molar-refractivity contribution >= 4 is 11.6 Å². The molecule has 0 bridgehead atoms. The predicted molar refractivity (Wildman–Crippen MR) is 110 cm³/mol. The molecular formula is C22H24N4O2. The molecule has 3 aromatic rings. The van der Waals surface area contributed by atoms with Gasteiger partial charge in [-0.2, -0.15) is 0 Å². The molecule has 3 rings (SSSR count). The third kappa shape index (κ3) is 5.07. The zero-order valence-electron chi connectivity index (χ0n) is 16.1. The standard InChI is InChI=1S/C22H24N4O2/c1-26(14-11-17-9-12-23-13-10-17)19-7-8-20(24-16-19)22(27)25-15-18-5-3-4-6-21(18)28-2/h3-10,12-13,16H,11,14-15H2,1-2H3,(H,25,27). The summed E-state index contributed by atoms with van der Waals surface area (Å²) in [4.78, 5) is 22.8. The first-order valence-corrected chi connectivity index (χ1v) is 9.13. The van der Waals surface area contributed by atoms with Crippen molar-refractivity contribution in [1.29, 1.82) is 0 Å². The molecule has 2 heterocycles. The molecule has 1 aromatic carbocycles. The molecule has 144 valence electrons. The normalized spacial score (nSPS) is 10.4. The monoisotopic (exact) mass is 376 g/mol. The van der Waals surface area contributed by atoms with Gasteiger partial charge in [-0.05, 0) is 42.3 Å². The van der Waals surface area contributed by atoms with E-state index in [9.17, 15) is 4.79 Å². The maximum Gasteiger partial charge on any atom is 0.270 e. The van der Waals surface area contributed by atoms with Gasteiger partial charge in [-0.3, -0.25) is 9.78 Å². The summed E-state index contributed by atoms with van der Waals surface area (Å²) in [7, 11) is 3.63. The van der Waals surface area contributed by atoms with Crippen LogP contribution in [0.15, 0.2) is 67.1 Å². The van der Waals surface area contributed by atoms with Crippen LogP contribution in [0.4, 0.5) is 5.69 Å². The van der Waals surface area contributed by atoms with Gasteiger partial charge in [0, 0.05) is 38.1 Å². The summed E-state index contributed by atoms with van der Waals surface area (Å²) in [5.74, 6) is 0.541. The van der Waals surface area contributed by atoms with Crippen LogP contribution in [0.1, 0.15) is 21.6 Å². The van der Waals surface area contributed by atoms with Crippen LogP contribution < -0.4 is 15.0 Å². The number of nitrogens with one attached hydrogen (secondary N) is 1. The smallest absolute Gasteiger partial charge is 0.270 e. The number of carbonyl (C=O) groups excluding carboxylic acids is 1. The molecule has 0 atom stereocenters. The Kier molecular flexibility index (Phi) is 6.57. The van der Waals surface area contributed by atoms with E-state index in [1.165, 1.54) is 5.56 Å². The van der Waals surface area contributed by atoms with Gasteiger partial charge >= 0.3 is 0 Å². The Balaban J connectivity index is 1.55. The third-order valence-electron chi connectivity index (χ3n) is 4.54. The number of para-hydroxylation sites is 1. The molecule has 1 amide bonds. The van der Waals surface area contributed by atoms with E-state index in [0.29, 0.717) is 12.2 Å². The van der Waals surface area contributed by atoms with Gasteiger partial charge in [0.2, 0.25) is 0 Å². The number of hydrogen-bond donors (Lipinski definition) is 1. The lowest BCUT2D eigenvalue weighted by Crippen LogP contribution is -2.25. The van der Waals surface area contributed by atoms with Crippen LogP contribution in [0.2, 0.25) is 0 Å². The molecule has 0 unspecified atom stereocenters.